The van der Waals surface area contributed by atoms with Gasteiger partial charge in [0.15, 0.2) is 6.29 Å². The van der Waals surface area contributed by atoms with E-state index < -0.39 is 44.4 Å². The van der Waals surface area contributed by atoms with Crippen LogP contribution >= 0.6 is 0 Å². The second-order valence-corrected chi connectivity index (χ2v) is 3.29. The van der Waals surface area contributed by atoms with Crippen molar-refractivity contribution in [3.05, 3.63) is 0 Å². The molecule has 1 rings (SSSR count). The molecule has 0 amide bonds. The van der Waals surface area contributed by atoms with Crippen LogP contribution in [0.2, 0.25) is 0 Å². The van der Waals surface area contributed by atoms with Crippen LogP contribution in [0.4, 0.5) is 0 Å². The van der Waals surface area contributed by atoms with E-state index in [0.29, 0.717) is 0 Å². The molecule has 0 aromatic heterocycles. The van der Waals surface area contributed by atoms with Crippen LogP contribution in [0.3, 0.4) is 0 Å². The predicted octanol–water partition coefficient (Wildman–Crippen LogP) is -0.605. The summed E-state index contributed by atoms with van der Waals surface area (Å²) in [5.74, 6) is 0. The van der Waals surface area contributed by atoms with Gasteiger partial charge in [0.25, 0.3) is 0 Å². The second kappa shape index (κ2) is 6.48. The fourth-order valence-corrected chi connectivity index (χ4v) is 1.73. The van der Waals surface area contributed by atoms with Crippen LogP contribution in [0.25, 0.3) is 0 Å². The van der Waals surface area contributed by atoms with E-state index in [0.717, 1.165) is 0 Å². The fraction of sp³-hybridized carbons (Fsp3) is 1.00. The lowest BCUT2D eigenvalue weighted by Gasteiger charge is -2.43. The Morgan fingerprint density at radius 3 is 2.25 bits per heavy atom. The highest BCUT2D eigenvalue weighted by atomic mass is 16.7. The van der Waals surface area contributed by atoms with E-state index in [4.69, 9.17) is 29.2 Å². The molecule has 0 aromatic carbocycles. The number of ether oxygens (including phenoxy) is 5. The first kappa shape index (κ1) is 8.79. The minimum atomic E-state index is -1.00. The van der Waals surface area contributed by atoms with E-state index in [1.54, 1.807) is 0 Å². The van der Waals surface area contributed by atoms with E-state index in [1.165, 1.54) is 0 Å². The third kappa shape index (κ3) is 2.53. The highest BCUT2D eigenvalue weighted by Gasteiger charge is 2.46. The second-order valence-electron chi connectivity index (χ2n) is 3.29. The monoisotopic (exact) mass is 240 g/mol. The molecular formula is C10H20O6. The van der Waals surface area contributed by atoms with Crippen LogP contribution < -0.4 is 0 Å². The van der Waals surface area contributed by atoms with E-state index in [-0.39, 0.29) is 21.3 Å². The summed E-state index contributed by atoms with van der Waals surface area (Å²) in [6.45, 7) is -0.395. The van der Waals surface area contributed by atoms with Crippen molar-refractivity contribution < 1.29 is 34.3 Å². The molecule has 1 aliphatic heterocycles. The summed E-state index contributed by atoms with van der Waals surface area (Å²) < 4.78 is 54.6. The molecule has 0 spiro atoms. The zero-order valence-electron chi connectivity index (χ0n) is 12.9. The molecule has 0 bridgehead atoms. The van der Waals surface area contributed by atoms with Gasteiger partial charge in [-0.2, -0.15) is 0 Å². The van der Waals surface area contributed by atoms with Crippen molar-refractivity contribution in [3.63, 3.8) is 0 Å². The van der Waals surface area contributed by atoms with Crippen LogP contribution in [-0.4, -0.2) is 70.8 Å². The van der Waals surface area contributed by atoms with Crippen molar-refractivity contribution in [3.8, 4) is 0 Å². The molecule has 6 heteroatoms. The van der Waals surface area contributed by atoms with Crippen molar-refractivity contribution in [2.24, 2.45) is 0 Å². The Bertz CT molecular complexity index is 262. The van der Waals surface area contributed by atoms with Crippen LogP contribution in [-0.2, 0) is 23.7 Å². The lowest BCUT2D eigenvalue weighted by molar-refractivity contribution is -0.306. The predicted molar refractivity (Wildman–Crippen MR) is 55.1 cm³/mol. The summed E-state index contributed by atoms with van der Waals surface area (Å²) in [7, 11) is -1.54. The summed E-state index contributed by atoms with van der Waals surface area (Å²) >= 11 is 0. The molecule has 1 saturated heterocycles. The molecule has 6 nitrogen and oxygen atoms in total. The third-order valence-electron chi connectivity index (χ3n) is 2.51. The number of aliphatic hydroxyl groups is 1. The largest absolute Gasteiger partial charge is 0.394 e. The van der Waals surface area contributed by atoms with Crippen LogP contribution in [0, 0.1) is 0 Å². The molecule has 5 atom stereocenters. The Hall–Kier alpha value is -0.240. The van der Waals surface area contributed by atoms with Crippen molar-refractivity contribution in [1.82, 2.24) is 0 Å². The molecule has 1 unspecified atom stereocenters. The number of hydrogen-bond donors (Lipinski definition) is 1. The molecule has 1 fully saturated rings. The van der Waals surface area contributed by atoms with Gasteiger partial charge in [-0.15, -0.1) is 0 Å². The van der Waals surface area contributed by atoms with Gasteiger partial charge in [-0.1, -0.05) is 0 Å². The Kier molecular flexibility index (Phi) is 3.56. The maximum absolute atomic E-state index is 9.33. The minimum Gasteiger partial charge on any atom is -0.394 e. The number of aliphatic hydroxyl groups excluding tert-OH is 1. The summed E-state index contributed by atoms with van der Waals surface area (Å²) in [6.07, 6.45) is -4.34. The molecule has 0 saturated carbocycles. The van der Waals surface area contributed by atoms with Gasteiger partial charge >= 0.3 is 0 Å². The van der Waals surface area contributed by atoms with Gasteiger partial charge in [-0.25, -0.2) is 0 Å². The fourth-order valence-electron chi connectivity index (χ4n) is 1.73. The number of hydrogen-bond acceptors (Lipinski definition) is 6. The Labute approximate surface area is 101 Å². The Morgan fingerprint density at radius 1 is 1.00 bits per heavy atom. The van der Waals surface area contributed by atoms with Crippen LogP contribution in [0.15, 0.2) is 0 Å². The van der Waals surface area contributed by atoms with Crippen molar-refractivity contribution in [1.29, 1.82) is 0 Å². The zero-order valence-corrected chi connectivity index (χ0v) is 8.91. The van der Waals surface area contributed by atoms with Gasteiger partial charge in [0.2, 0.25) is 0 Å². The normalized spacial score (nSPS) is 43.2. The van der Waals surface area contributed by atoms with Crippen LogP contribution in [0.5, 0.6) is 0 Å². The lowest BCUT2D eigenvalue weighted by atomic mass is 9.98. The van der Waals surface area contributed by atoms with Gasteiger partial charge in [-0.3, -0.25) is 0 Å². The van der Waals surface area contributed by atoms with E-state index >= 15 is 0 Å². The molecular weight excluding hydrogens is 216 g/mol. The first-order valence-electron chi connectivity index (χ1n) is 7.46. The molecule has 0 aromatic rings. The first-order chi connectivity index (χ1) is 9.73. The summed E-state index contributed by atoms with van der Waals surface area (Å²) in [4.78, 5) is 0. The Balaban J connectivity index is 2.92. The van der Waals surface area contributed by atoms with Gasteiger partial charge < -0.3 is 28.8 Å². The van der Waals surface area contributed by atoms with Crippen molar-refractivity contribution in [2.75, 3.05) is 35.0 Å². The SMILES string of the molecule is [2H]COC1O[C@H](CO)[C@H](OC[2H])[C@H](OC[2H])[C@H]1OC[2H]. The maximum atomic E-state index is 9.33. The van der Waals surface area contributed by atoms with E-state index in [1.807, 2.05) is 0 Å². The Morgan fingerprint density at radius 2 is 1.62 bits per heavy atom. The topological polar surface area (TPSA) is 66.4 Å². The van der Waals surface area contributed by atoms with E-state index in [2.05, 4.69) is 0 Å². The smallest absolute Gasteiger partial charge is 0.186 e. The number of methoxy groups -OCH3 is 4. The van der Waals surface area contributed by atoms with Crippen LogP contribution in [0.1, 0.15) is 5.48 Å². The molecule has 0 aliphatic carbocycles. The standard InChI is InChI=1S/C10H20O6/c1-12-7-6(5-11)16-10(15-4)9(14-3)8(7)13-2/h6-11H,5H2,1-4H3/t6-,7+,8+,9-,10?/m1/s1/i1D,2D,3D,4D. The molecule has 16 heavy (non-hydrogen) atoms. The van der Waals surface area contributed by atoms with Gasteiger partial charge in [0.05, 0.1) is 12.1 Å². The van der Waals surface area contributed by atoms with Crippen molar-refractivity contribution >= 4 is 0 Å². The molecule has 1 N–H and O–H groups in total. The molecule has 1 aliphatic rings. The quantitative estimate of drug-likeness (QED) is 0.692. The van der Waals surface area contributed by atoms with Gasteiger partial charge in [0.1, 0.15) is 24.4 Å². The van der Waals surface area contributed by atoms with Gasteiger partial charge in [-0.05, 0) is 0 Å². The summed E-state index contributed by atoms with van der Waals surface area (Å²) in [5, 5.41) is 9.33. The molecule has 96 valence electrons. The molecule has 1 heterocycles. The average molecular weight is 240 g/mol. The van der Waals surface area contributed by atoms with Crippen molar-refractivity contribution in [2.45, 2.75) is 30.7 Å². The molecule has 0 radical (unpaired) electrons. The van der Waals surface area contributed by atoms with Gasteiger partial charge in [0, 0.05) is 28.3 Å². The zero-order chi connectivity index (χ0) is 15.0. The number of rotatable bonds is 5. The maximum Gasteiger partial charge on any atom is 0.186 e. The average Bonchev–Trinajstić information content (AvgIpc) is 2.45. The third-order valence-corrected chi connectivity index (χ3v) is 2.51. The highest BCUT2D eigenvalue weighted by molar-refractivity contribution is 4.91. The summed E-state index contributed by atoms with van der Waals surface area (Å²) in [6, 6.07) is 0. The minimum absolute atomic E-state index is 0.375. The first-order valence-corrected chi connectivity index (χ1v) is 4.63. The summed E-state index contributed by atoms with van der Waals surface area (Å²) in [5.41, 5.74) is 0. The lowest BCUT2D eigenvalue weighted by Crippen LogP contribution is -2.60. The highest BCUT2D eigenvalue weighted by Crippen LogP contribution is 2.27. The van der Waals surface area contributed by atoms with E-state index in [9.17, 15) is 5.11 Å².